The summed E-state index contributed by atoms with van der Waals surface area (Å²) in [5, 5.41) is 13.4. The summed E-state index contributed by atoms with van der Waals surface area (Å²) in [6, 6.07) is 12.1. The number of guanidine groups is 1. The predicted molar refractivity (Wildman–Crippen MR) is 103 cm³/mol. The van der Waals surface area contributed by atoms with E-state index >= 15 is 0 Å². The third-order valence-electron chi connectivity index (χ3n) is 5.02. The molecule has 0 spiro atoms. The van der Waals surface area contributed by atoms with Crippen LogP contribution in [-0.4, -0.2) is 48.7 Å². The Labute approximate surface area is 159 Å². The van der Waals surface area contributed by atoms with Crippen molar-refractivity contribution in [1.82, 2.24) is 34.7 Å². The smallest absolute Gasteiger partial charge is 0.217 e. The SMILES string of the molecule is c1cncc(C2NC3=NCN(n4cnnc4)CN3c3nc4ccccc4n32)c1. The van der Waals surface area contributed by atoms with Gasteiger partial charge in [0.1, 0.15) is 32.2 Å². The van der Waals surface area contributed by atoms with Gasteiger partial charge in [-0.25, -0.2) is 14.7 Å². The van der Waals surface area contributed by atoms with Gasteiger partial charge in [-0.2, -0.15) is 0 Å². The highest BCUT2D eigenvalue weighted by molar-refractivity contribution is 5.99. The molecule has 0 amide bonds. The van der Waals surface area contributed by atoms with E-state index in [0.717, 1.165) is 28.5 Å². The van der Waals surface area contributed by atoms with Crippen molar-refractivity contribution in [3.63, 3.8) is 0 Å². The molecule has 5 heterocycles. The molecular formula is C18H16N10. The Bertz CT molecular complexity index is 1160. The lowest BCUT2D eigenvalue weighted by Crippen LogP contribution is -2.59. The highest BCUT2D eigenvalue weighted by Crippen LogP contribution is 2.33. The predicted octanol–water partition coefficient (Wildman–Crippen LogP) is 0.902. The molecule has 4 aromatic rings. The summed E-state index contributed by atoms with van der Waals surface area (Å²) in [6.45, 7) is 1.07. The molecule has 10 nitrogen and oxygen atoms in total. The second-order valence-corrected chi connectivity index (χ2v) is 6.64. The van der Waals surface area contributed by atoms with Crippen LogP contribution in [0.3, 0.4) is 0 Å². The first-order valence-electron chi connectivity index (χ1n) is 8.94. The highest BCUT2D eigenvalue weighted by atomic mass is 15.7. The van der Waals surface area contributed by atoms with Crippen molar-refractivity contribution in [3.05, 3.63) is 67.0 Å². The summed E-state index contributed by atoms with van der Waals surface area (Å²) in [6.07, 6.45) is 6.85. The van der Waals surface area contributed by atoms with Gasteiger partial charge in [0.05, 0.1) is 11.0 Å². The number of aliphatic imine (C=N–C) groups is 1. The first kappa shape index (κ1) is 15.1. The van der Waals surface area contributed by atoms with Crippen molar-refractivity contribution >= 4 is 22.9 Å². The lowest BCUT2D eigenvalue weighted by molar-refractivity contribution is 0.494. The maximum Gasteiger partial charge on any atom is 0.217 e. The summed E-state index contributed by atoms with van der Waals surface area (Å²) in [7, 11) is 0. The van der Waals surface area contributed by atoms with E-state index in [0.29, 0.717) is 13.3 Å². The number of benzene rings is 1. The third kappa shape index (κ3) is 2.17. The lowest BCUT2D eigenvalue weighted by atomic mass is 10.2. The molecule has 1 aromatic carbocycles. The van der Waals surface area contributed by atoms with Crippen molar-refractivity contribution in [1.29, 1.82) is 0 Å². The Balaban J connectivity index is 1.52. The second kappa shape index (κ2) is 5.78. The average molecular weight is 372 g/mol. The van der Waals surface area contributed by atoms with Gasteiger partial charge in [0.15, 0.2) is 0 Å². The number of para-hydroxylation sites is 2. The Kier molecular flexibility index (Phi) is 3.12. The summed E-state index contributed by atoms with van der Waals surface area (Å²) < 4.78 is 4.03. The van der Waals surface area contributed by atoms with Gasteiger partial charge < -0.3 is 5.32 Å². The molecule has 2 aliphatic heterocycles. The van der Waals surface area contributed by atoms with Crippen molar-refractivity contribution < 1.29 is 0 Å². The standard InChI is InChI=1S/C18H16N10/c1-2-6-15-14(5-1)23-18-27-12-26(25-10-21-22-11-25)9-20-17(27)24-16(28(15)18)13-4-3-7-19-8-13/h1-8,10-11,16H,9,12H2,(H,20,24). The minimum absolute atomic E-state index is 0.132. The highest BCUT2D eigenvalue weighted by Gasteiger charge is 2.36. The number of rotatable bonds is 2. The fourth-order valence-electron chi connectivity index (χ4n) is 3.71. The fraction of sp³-hybridized carbons (Fsp3) is 0.167. The van der Waals surface area contributed by atoms with E-state index < -0.39 is 0 Å². The Morgan fingerprint density at radius 2 is 1.93 bits per heavy atom. The van der Waals surface area contributed by atoms with Crippen molar-refractivity contribution in [2.75, 3.05) is 23.2 Å². The average Bonchev–Trinajstić information content (AvgIpc) is 3.42. The zero-order valence-electron chi connectivity index (χ0n) is 14.8. The molecule has 0 aliphatic carbocycles. The van der Waals surface area contributed by atoms with Crippen LogP contribution in [0.5, 0.6) is 0 Å². The number of nitrogens with one attached hydrogen (secondary N) is 1. The summed E-state index contributed by atoms with van der Waals surface area (Å²) in [5.74, 6) is 1.63. The fourth-order valence-corrected chi connectivity index (χ4v) is 3.71. The number of fused-ring (bicyclic) bond motifs is 5. The van der Waals surface area contributed by atoms with E-state index in [1.54, 1.807) is 18.9 Å². The summed E-state index contributed by atoms with van der Waals surface area (Å²) in [4.78, 5) is 16.0. The molecule has 1 unspecified atom stereocenters. The molecule has 2 aliphatic rings. The van der Waals surface area contributed by atoms with Gasteiger partial charge in [-0.3, -0.25) is 19.5 Å². The van der Waals surface area contributed by atoms with Crippen molar-refractivity contribution in [2.45, 2.75) is 6.17 Å². The van der Waals surface area contributed by atoms with E-state index in [2.05, 4.69) is 42.1 Å². The van der Waals surface area contributed by atoms with Crippen LogP contribution in [0.2, 0.25) is 0 Å². The van der Waals surface area contributed by atoms with Crippen LogP contribution in [0.25, 0.3) is 11.0 Å². The Morgan fingerprint density at radius 1 is 1.04 bits per heavy atom. The van der Waals surface area contributed by atoms with Crippen LogP contribution >= 0.6 is 0 Å². The molecule has 0 saturated heterocycles. The van der Waals surface area contributed by atoms with E-state index in [1.807, 2.05) is 40.1 Å². The molecule has 6 rings (SSSR count). The maximum absolute atomic E-state index is 4.91. The summed E-state index contributed by atoms with van der Waals surface area (Å²) in [5.41, 5.74) is 3.05. The van der Waals surface area contributed by atoms with Crippen LogP contribution in [-0.2, 0) is 0 Å². The number of pyridine rings is 1. The Morgan fingerprint density at radius 3 is 2.79 bits per heavy atom. The van der Waals surface area contributed by atoms with Gasteiger partial charge in [-0.05, 0) is 18.2 Å². The number of hydrogen-bond donors (Lipinski definition) is 1. The minimum Gasteiger partial charge on any atom is -0.331 e. The van der Waals surface area contributed by atoms with Gasteiger partial charge >= 0.3 is 0 Å². The van der Waals surface area contributed by atoms with Gasteiger partial charge in [0, 0.05) is 18.0 Å². The van der Waals surface area contributed by atoms with Gasteiger partial charge in [0.2, 0.25) is 11.9 Å². The second-order valence-electron chi connectivity index (χ2n) is 6.64. The molecule has 10 heteroatoms. The first-order valence-corrected chi connectivity index (χ1v) is 8.94. The van der Waals surface area contributed by atoms with Crippen LogP contribution in [0.15, 0.2) is 66.4 Å². The number of anilines is 1. The van der Waals surface area contributed by atoms with Crippen LogP contribution in [0.1, 0.15) is 11.7 Å². The molecule has 138 valence electrons. The molecule has 0 fully saturated rings. The van der Waals surface area contributed by atoms with Crippen molar-refractivity contribution in [2.24, 2.45) is 4.99 Å². The van der Waals surface area contributed by atoms with Crippen LogP contribution < -0.4 is 15.2 Å². The van der Waals surface area contributed by atoms with Gasteiger partial charge in [-0.1, -0.05) is 18.2 Å². The number of imidazole rings is 1. The molecule has 3 aromatic heterocycles. The normalized spacial score (nSPS) is 18.4. The topological polar surface area (TPSA) is 92.3 Å². The molecule has 1 atom stereocenters. The molecular weight excluding hydrogens is 356 g/mol. The van der Waals surface area contributed by atoms with Gasteiger partial charge in [-0.15, -0.1) is 10.2 Å². The quantitative estimate of drug-likeness (QED) is 0.559. The molecule has 1 N–H and O–H groups in total. The van der Waals surface area contributed by atoms with E-state index in [1.165, 1.54) is 0 Å². The van der Waals surface area contributed by atoms with E-state index in [9.17, 15) is 0 Å². The van der Waals surface area contributed by atoms with Crippen LogP contribution in [0.4, 0.5) is 5.95 Å². The molecule has 0 saturated carbocycles. The number of nitrogens with zero attached hydrogens (tertiary/aromatic N) is 9. The minimum atomic E-state index is -0.132. The van der Waals surface area contributed by atoms with E-state index in [4.69, 9.17) is 9.98 Å². The molecule has 0 bridgehead atoms. The first-order chi connectivity index (χ1) is 13.9. The number of hydrogen-bond acceptors (Lipinski definition) is 8. The summed E-state index contributed by atoms with van der Waals surface area (Å²) >= 11 is 0. The zero-order valence-corrected chi connectivity index (χ0v) is 14.8. The lowest BCUT2D eigenvalue weighted by Gasteiger charge is -2.42. The molecule has 0 radical (unpaired) electrons. The van der Waals surface area contributed by atoms with Crippen molar-refractivity contribution in [3.8, 4) is 0 Å². The van der Waals surface area contributed by atoms with Gasteiger partial charge in [0.25, 0.3) is 0 Å². The maximum atomic E-state index is 4.91. The molecule has 28 heavy (non-hydrogen) atoms. The number of aromatic nitrogens is 6. The zero-order chi connectivity index (χ0) is 18.5. The Hall–Kier alpha value is -3.95. The largest absolute Gasteiger partial charge is 0.331 e. The monoisotopic (exact) mass is 372 g/mol. The third-order valence-corrected chi connectivity index (χ3v) is 5.02. The van der Waals surface area contributed by atoms with Crippen LogP contribution in [0, 0.1) is 0 Å². The van der Waals surface area contributed by atoms with E-state index in [-0.39, 0.29) is 6.17 Å².